The van der Waals surface area contributed by atoms with Gasteiger partial charge in [-0.2, -0.15) is 0 Å². The molecule has 1 saturated heterocycles. The molecule has 1 aliphatic heterocycles. The lowest BCUT2D eigenvalue weighted by Gasteiger charge is -2.54. The lowest BCUT2D eigenvalue weighted by molar-refractivity contribution is -0.0994. The first kappa shape index (κ1) is 17.1. The third-order valence-electron chi connectivity index (χ3n) is 5.92. The van der Waals surface area contributed by atoms with Crippen LogP contribution in [0.1, 0.15) is 42.5 Å². The standard InChI is InChI=1S/C22H26N2O2/c25-21(17-9-3-1-4-10-17)24-16-14-19(23-18-11-5-2-6-12-18)22(26)15-8-7-13-20(22)24/h1-6,9-12,19-20,23,26H,7-8,13-16H2/t19?,20-,22?/m0/s1. The molecule has 1 aliphatic carbocycles. The Morgan fingerprint density at radius 2 is 1.69 bits per heavy atom. The van der Waals surface area contributed by atoms with Crippen LogP contribution in [0, 0.1) is 0 Å². The summed E-state index contributed by atoms with van der Waals surface area (Å²) in [5.74, 6) is 0.0362. The number of hydrogen-bond donors (Lipinski definition) is 2. The van der Waals surface area contributed by atoms with Crippen molar-refractivity contribution in [1.82, 2.24) is 4.90 Å². The van der Waals surface area contributed by atoms with Gasteiger partial charge in [-0.1, -0.05) is 49.2 Å². The van der Waals surface area contributed by atoms with E-state index in [0.29, 0.717) is 12.1 Å². The number of likely N-dealkylation sites (tertiary alicyclic amines) is 1. The van der Waals surface area contributed by atoms with E-state index in [1.54, 1.807) is 0 Å². The molecule has 2 aliphatic rings. The number of aliphatic hydroxyl groups is 1. The second-order valence-corrected chi connectivity index (χ2v) is 7.47. The minimum absolute atomic E-state index is 0.0324. The number of benzene rings is 2. The summed E-state index contributed by atoms with van der Waals surface area (Å²) in [5.41, 5.74) is 0.851. The fourth-order valence-electron chi connectivity index (χ4n) is 4.59. The molecular formula is C22H26N2O2. The van der Waals surface area contributed by atoms with Crippen molar-refractivity contribution < 1.29 is 9.90 Å². The van der Waals surface area contributed by atoms with Gasteiger partial charge >= 0.3 is 0 Å². The van der Waals surface area contributed by atoms with Gasteiger partial charge in [-0.25, -0.2) is 0 Å². The van der Waals surface area contributed by atoms with Crippen LogP contribution in [0.2, 0.25) is 0 Å². The van der Waals surface area contributed by atoms with E-state index >= 15 is 0 Å². The Balaban J connectivity index is 1.59. The number of rotatable bonds is 3. The highest BCUT2D eigenvalue weighted by atomic mass is 16.3. The van der Waals surface area contributed by atoms with Crippen molar-refractivity contribution in [2.24, 2.45) is 0 Å². The van der Waals surface area contributed by atoms with Gasteiger partial charge in [0, 0.05) is 17.8 Å². The molecule has 2 fully saturated rings. The summed E-state index contributed by atoms with van der Waals surface area (Å²) in [6.45, 7) is 0.672. The van der Waals surface area contributed by atoms with Gasteiger partial charge in [0.25, 0.3) is 5.91 Å². The van der Waals surface area contributed by atoms with Gasteiger partial charge in [-0.05, 0) is 43.5 Å². The van der Waals surface area contributed by atoms with Crippen molar-refractivity contribution in [2.45, 2.75) is 49.8 Å². The van der Waals surface area contributed by atoms with Crippen LogP contribution in [0.25, 0.3) is 0 Å². The average molecular weight is 350 g/mol. The number of hydrogen-bond acceptors (Lipinski definition) is 3. The Bertz CT molecular complexity index is 749. The molecular weight excluding hydrogens is 324 g/mol. The van der Waals surface area contributed by atoms with Gasteiger partial charge in [0.05, 0.1) is 12.1 Å². The van der Waals surface area contributed by atoms with Crippen molar-refractivity contribution >= 4 is 11.6 Å². The minimum atomic E-state index is -0.878. The normalized spacial score (nSPS) is 28.3. The molecule has 2 N–H and O–H groups in total. The monoisotopic (exact) mass is 350 g/mol. The summed E-state index contributed by atoms with van der Waals surface area (Å²) >= 11 is 0. The van der Waals surface area contributed by atoms with E-state index in [4.69, 9.17) is 0 Å². The lowest BCUT2D eigenvalue weighted by atomic mass is 9.71. The van der Waals surface area contributed by atoms with Crippen LogP contribution in [-0.2, 0) is 0 Å². The molecule has 1 amide bonds. The predicted octanol–water partition coefficient (Wildman–Crippen LogP) is 3.69. The largest absolute Gasteiger partial charge is 0.386 e. The number of nitrogens with zero attached hydrogens (tertiary/aromatic N) is 1. The lowest BCUT2D eigenvalue weighted by Crippen LogP contribution is -2.67. The van der Waals surface area contributed by atoms with E-state index in [1.807, 2.05) is 65.6 Å². The summed E-state index contributed by atoms with van der Waals surface area (Å²) in [5, 5.41) is 15.2. The molecule has 0 radical (unpaired) electrons. The van der Waals surface area contributed by atoms with Crippen LogP contribution in [0.5, 0.6) is 0 Å². The van der Waals surface area contributed by atoms with E-state index in [-0.39, 0.29) is 18.0 Å². The molecule has 1 saturated carbocycles. The zero-order valence-corrected chi connectivity index (χ0v) is 15.0. The van der Waals surface area contributed by atoms with E-state index < -0.39 is 5.60 Å². The van der Waals surface area contributed by atoms with Gasteiger partial charge in [-0.3, -0.25) is 4.79 Å². The number of carbonyl (C=O) groups is 1. The van der Waals surface area contributed by atoms with Gasteiger partial charge in [0.2, 0.25) is 0 Å². The number of carbonyl (C=O) groups excluding carboxylic acids is 1. The molecule has 2 unspecified atom stereocenters. The number of fused-ring (bicyclic) bond motifs is 1. The van der Waals surface area contributed by atoms with E-state index in [2.05, 4.69) is 5.32 Å². The highest BCUT2D eigenvalue weighted by Gasteiger charge is 2.52. The molecule has 4 rings (SSSR count). The number of amides is 1. The summed E-state index contributed by atoms with van der Waals surface area (Å²) < 4.78 is 0. The van der Waals surface area contributed by atoms with E-state index in [9.17, 15) is 9.90 Å². The van der Waals surface area contributed by atoms with Crippen LogP contribution < -0.4 is 5.32 Å². The van der Waals surface area contributed by atoms with Crippen molar-refractivity contribution in [3.05, 3.63) is 66.2 Å². The fraction of sp³-hybridized carbons (Fsp3) is 0.409. The average Bonchev–Trinajstić information content (AvgIpc) is 2.69. The molecule has 3 atom stereocenters. The van der Waals surface area contributed by atoms with Gasteiger partial charge < -0.3 is 15.3 Å². The number of piperidine rings is 1. The molecule has 26 heavy (non-hydrogen) atoms. The topological polar surface area (TPSA) is 52.6 Å². The SMILES string of the molecule is O=C(c1ccccc1)N1CCC(Nc2ccccc2)C2(O)CCCC[C@H]12. The van der Waals surface area contributed by atoms with Crippen molar-refractivity contribution in [2.75, 3.05) is 11.9 Å². The molecule has 136 valence electrons. The van der Waals surface area contributed by atoms with Crippen LogP contribution in [0.3, 0.4) is 0 Å². The summed E-state index contributed by atoms with van der Waals surface area (Å²) in [7, 11) is 0. The Morgan fingerprint density at radius 3 is 2.42 bits per heavy atom. The summed E-state index contributed by atoms with van der Waals surface area (Å²) in [6, 6.07) is 19.3. The van der Waals surface area contributed by atoms with Crippen LogP contribution >= 0.6 is 0 Å². The number of nitrogens with one attached hydrogen (secondary N) is 1. The Morgan fingerprint density at radius 1 is 1.00 bits per heavy atom. The van der Waals surface area contributed by atoms with Crippen LogP contribution in [0.15, 0.2) is 60.7 Å². The maximum atomic E-state index is 13.1. The summed E-state index contributed by atoms with van der Waals surface area (Å²) in [4.78, 5) is 15.0. The van der Waals surface area contributed by atoms with Crippen molar-refractivity contribution in [3.63, 3.8) is 0 Å². The van der Waals surface area contributed by atoms with Gasteiger partial charge in [0.1, 0.15) is 5.60 Å². The molecule has 0 bridgehead atoms. The maximum absolute atomic E-state index is 13.1. The molecule has 0 spiro atoms. The van der Waals surface area contributed by atoms with E-state index in [0.717, 1.165) is 37.8 Å². The smallest absolute Gasteiger partial charge is 0.254 e. The van der Waals surface area contributed by atoms with Gasteiger partial charge in [-0.15, -0.1) is 0 Å². The first-order valence-corrected chi connectivity index (χ1v) is 9.58. The maximum Gasteiger partial charge on any atom is 0.254 e. The molecule has 4 nitrogen and oxygen atoms in total. The van der Waals surface area contributed by atoms with Crippen molar-refractivity contribution in [3.8, 4) is 0 Å². The zero-order chi connectivity index (χ0) is 18.0. The number of para-hydroxylation sites is 1. The first-order chi connectivity index (χ1) is 12.7. The Kier molecular flexibility index (Phi) is 4.68. The molecule has 1 heterocycles. The molecule has 2 aromatic carbocycles. The van der Waals surface area contributed by atoms with E-state index in [1.165, 1.54) is 0 Å². The minimum Gasteiger partial charge on any atom is -0.386 e. The second kappa shape index (κ2) is 7.12. The quantitative estimate of drug-likeness (QED) is 0.888. The Hall–Kier alpha value is -2.33. The fourth-order valence-corrected chi connectivity index (χ4v) is 4.59. The molecule has 2 aromatic rings. The zero-order valence-electron chi connectivity index (χ0n) is 15.0. The summed E-state index contributed by atoms with van der Waals surface area (Å²) in [6.07, 6.45) is 4.42. The Labute approximate surface area is 154 Å². The highest BCUT2D eigenvalue weighted by Crippen LogP contribution is 2.40. The molecule has 0 aromatic heterocycles. The van der Waals surface area contributed by atoms with Crippen molar-refractivity contribution in [1.29, 1.82) is 0 Å². The second-order valence-electron chi connectivity index (χ2n) is 7.47. The van der Waals surface area contributed by atoms with Crippen LogP contribution in [0.4, 0.5) is 5.69 Å². The third-order valence-corrected chi connectivity index (χ3v) is 5.92. The van der Waals surface area contributed by atoms with Crippen LogP contribution in [-0.4, -0.2) is 40.1 Å². The third kappa shape index (κ3) is 3.10. The molecule has 4 heteroatoms. The first-order valence-electron chi connectivity index (χ1n) is 9.58. The van der Waals surface area contributed by atoms with Gasteiger partial charge in [0.15, 0.2) is 0 Å². The predicted molar refractivity (Wildman–Crippen MR) is 103 cm³/mol. The highest BCUT2D eigenvalue weighted by molar-refractivity contribution is 5.94. The number of anilines is 1.